The highest BCUT2D eigenvalue weighted by Gasteiger charge is 2.43. The number of piperidine rings is 1. The van der Waals surface area contributed by atoms with E-state index in [1.54, 1.807) is 0 Å². The summed E-state index contributed by atoms with van der Waals surface area (Å²) < 4.78 is 18.2. The zero-order valence-corrected chi connectivity index (χ0v) is 25.9. The van der Waals surface area contributed by atoms with Gasteiger partial charge in [0.1, 0.15) is 18.4 Å². The van der Waals surface area contributed by atoms with E-state index < -0.39 is 6.10 Å². The third kappa shape index (κ3) is 10.8. The topological polar surface area (TPSA) is 125 Å². The van der Waals surface area contributed by atoms with E-state index in [2.05, 4.69) is 5.32 Å². The zero-order chi connectivity index (χ0) is 29.2. The van der Waals surface area contributed by atoms with Crippen molar-refractivity contribution in [3.63, 3.8) is 0 Å². The monoisotopic (exact) mass is 579 g/mol. The molecule has 0 bridgehead atoms. The van der Waals surface area contributed by atoms with Crippen LogP contribution in [-0.4, -0.2) is 60.3 Å². The molecule has 0 aromatic heterocycles. The van der Waals surface area contributed by atoms with Gasteiger partial charge in [0.05, 0.1) is 24.9 Å². The lowest BCUT2D eigenvalue weighted by Crippen LogP contribution is -2.94. The lowest BCUT2D eigenvalue weighted by atomic mass is 9.66. The van der Waals surface area contributed by atoms with E-state index in [0.717, 1.165) is 64.3 Å². The summed E-state index contributed by atoms with van der Waals surface area (Å²) in [5.74, 6) is 1.29. The number of ether oxygens (including phenoxy) is 3. The first-order chi connectivity index (χ1) is 19.8. The molecule has 4 aliphatic rings. The van der Waals surface area contributed by atoms with Gasteiger partial charge in [0.25, 0.3) is 0 Å². The summed E-state index contributed by atoms with van der Waals surface area (Å²) in [5.41, 5.74) is 6.37. The van der Waals surface area contributed by atoms with Crippen molar-refractivity contribution < 1.29 is 34.2 Å². The van der Waals surface area contributed by atoms with E-state index in [0.29, 0.717) is 30.1 Å². The Morgan fingerprint density at radius 3 is 2.20 bits per heavy atom. The molecule has 0 spiro atoms. The SMILES string of the molecule is CC(=O)O[C@H](CCC1CC(OC2CCCCC2)C(O)CC1C1CC[NH2+]C(N)C1)C[C@H](CC1CCCCC1)OC(C)=O. The molecular weight excluding hydrogens is 520 g/mol. The van der Waals surface area contributed by atoms with Gasteiger partial charge < -0.3 is 24.6 Å². The van der Waals surface area contributed by atoms with Crippen LogP contribution in [0, 0.1) is 23.7 Å². The van der Waals surface area contributed by atoms with Gasteiger partial charge in [-0.3, -0.25) is 15.3 Å². The van der Waals surface area contributed by atoms with Crippen molar-refractivity contribution in [2.24, 2.45) is 29.4 Å². The van der Waals surface area contributed by atoms with Crippen LogP contribution < -0.4 is 11.1 Å². The van der Waals surface area contributed by atoms with Gasteiger partial charge in [-0.2, -0.15) is 0 Å². The molecule has 1 heterocycles. The molecule has 8 heteroatoms. The van der Waals surface area contributed by atoms with E-state index in [9.17, 15) is 14.7 Å². The Morgan fingerprint density at radius 1 is 0.878 bits per heavy atom. The number of aliphatic hydroxyl groups excluding tert-OH is 1. The summed E-state index contributed by atoms with van der Waals surface area (Å²) in [5, 5.41) is 13.5. The number of rotatable bonds is 12. The molecule has 3 saturated carbocycles. The Labute approximate surface area is 248 Å². The number of carbonyl (C=O) groups excluding carboxylic acids is 2. The molecule has 0 aromatic carbocycles. The smallest absolute Gasteiger partial charge is 0.302 e. The van der Waals surface area contributed by atoms with Crippen LogP contribution in [0.2, 0.25) is 0 Å². The molecule has 4 fully saturated rings. The molecule has 4 rings (SSSR count). The fraction of sp³-hybridized carbons (Fsp3) is 0.939. The number of carbonyl (C=O) groups is 2. The maximum absolute atomic E-state index is 12.2. The molecule has 8 atom stereocenters. The van der Waals surface area contributed by atoms with Crippen LogP contribution in [0.3, 0.4) is 0 Å². The summed E-state index contributed by atoms with van der Waals surface area (Å²) >= 11 is 0. The highest BCUT2D eigenvalue weighted by atomic mass is 16.6. The Balaban J connectivity index is 1.43. The Morgan fingerprint density at radius 2 is 1.54 bits per heavy atom. The molecule has 1 aliphatic heterocycles. The van der Waals surface area contributed by atoms with Gasteiger partial charge in [0.2, 0.25) is 0 Å². The minimum absolute atomic E-state index is 0.126. The fourth-order valence-corrected chi connectivity index (χ4v) is 8.61. The maximum Gasteiger partial charge on any atom is 0.302 e. The molecule has 0 aromatic rings. The normalized spacial score (nSPS) is 33.6. The van der Waals surface area contributed by atoms with E-state index in [4.69, 9.17) is 19.9 Å². The van der Waals surface area contributed by atoms with E-state index >= 15 is 0 Å². The van der Waals surface area contributed by atoms with Crippen LogP contribution in [0.25, 0.3) is 0 Å². The number of aliphatic hydroxyl groups is 1. The minimum atomic E-state index is -0.437. The molecule has 6 unspecified atom stereocenters. The summed E-state index contributed by atoms with van der Waals surface area (Å²) in [6, 6.07) is 0. The molecule has 5 N–H and O–H groups in total. The average Bonchev–Trinajstić information content (AvgIpc) is 2.93. The number of hydrogen-bond donors (Lipinski definition) is 3. The predicted octanol–water partition coefficient (Wildman–Crippen LogP) is 4.35. The summed E-state index contributed by atoms with van der Waals surface area (Å²) in [6.07, 6.45) is 18.1. The van der Waals surface area contributed by atoms with Crippen molar-refractivity contribution in [2.45, 2.75) is 166 Å². The predicted molar refractivity (Wildman–Crippen MR) is 158 cm³/mol. The summed E-state index contributed by atoms with van der Waals surface area (Å²) in [4.78, 5) is 24.2. The van der Waals surface area contributed by atoms with Crippen molar-refractivity contribution in [2.75, 3.05) is 6.54 Å². The molecule has 1 saturated heterocycles. The van der Waals surface area contributed by atoms with Crippen molar-refractivity contribution in [3.05, 3.63) is 0 Å². The van der Waals surface area contributed by atoms with Gasteiger partial charge >= 0.3 is 11.9 Å². The first kappa shape index (κ1) is 32.7. The number of nitrogens with two attached hydrogens (primary N) is 2. The molecule has 3 aliphatic carbocycles. The lowest BCUT2D eigenvalue weighted by Gasteiger charge is -2.45. The third-order valence-corrected chi connectivity index (χ3v) is 10.6. The van der Waals surface area contributed by atoms with Gasteiger partial charge in [-0.1, -0.05) is 51.4 Å². The molecule has 0 amide bonds. The Kier molecular flexibility index (Phi) is 13.2. The molecule has 8 nitrogen and oxygen atoms in total. The van der Waals surface area contributed by atoms with Gasteiger partial charge in [0, 0.05) is 26.7 Å². The van der Waals surface area contributed by atoms with E-state index in [1.165, 1.54) is 65.2 Å². The average molecular weight is 580 g/mol. The second-order valence-corrected chi connectivity index (χ2v) is 13.9. The van der Waals surface area contributed by atoms with Gasteiger partial charge in [-0.25, -0.2) is 0 Å². The van der Waals surface area contributed by atoms with E-state index in [-0.39, 0.29) is 42.5 Å². The van der Waals surface area contributed by atoms with Crippen LogP contribution in [0.1, 0.15) is 129 Å². The number of esters is 2. The second-order valence-electron chi connectivity index (χ2n) is 13.9. The first-order valence-electron chi connectivity index (χ1n) is 17.0. The van der Waals surface area contributed by atoms with Gasteiger partial charge in [-0.15, -0.1) is 0 Å². The fourth-order valence-electron chi connectivity index (χ4n) is 8.61. The number of quaternary nitrogens is 1. The second kappa shape index (κ2) is 16.6. The van der Waals surface area contributed by atoms with Crippen molar-refractivity contribution in [1.29, 1.82) is 0 Å². The summed E-state index contributed by atoms with van der Waals surface area (Å²) in [6.45, 7) is 3.99. The highest BCUT2D eigenvalue weighted by molar-refractivity contribution is 5.66. The standard InChI is InChI=1S/C33H58N2O6/c1-22(36)39-28(20-29(40-23(2)37)17-24-9-5-3-6-10-24)14-13-25-18-32(41-27-11-7-4-8-12-27)31(38)21-30(25)26-15-16-35-33(34)19-26/h24-33,35,38H,3-21,34H2,1-2H3/p+1/t25?,26?,28-,29+,30?,31?,32?,33?/m1/s1. The minimum Gasteiger partial charge on any atom is -0.462 e. The maximum atomic E-state index is 12.2. The third-order valence-electron chi connectivity index (χ3n) is 10.6. The first-order valence-corrected chi connectivity index (χ1v) is 17.0. The van der Waals surface area contributed by atoms with Gasteiger partial charge in [0.15, 0.2) is 0 Å². The van der Waals surface area contributed by atoms with Gasteiger partial charge in [-0.05, 0) is 75.0 Å². The van der Waals surface area contributed by atoms with Crippen LogP contribution in [0.4, 0.5) is 0 Å². The lowest BCUT2D eigenvalue weighted by molar-refractivity contribution is -0.699. The Hall–Kier alpha value is -1.22. The largest absolute Gasteiger partial charge is 0.462 e. The quantitative estimate of drug-likeness (QED) is 0.294. The summed E-state index contributed by atoms with van der Waals surface area (Å²) in [7, 11) is 0. The molecule has 236 valence electrons. The van der Waals surface area contributed by atoms with Crippen LogP contribution >= 0.6 is 0 Å². The molecule has 0 radical (unpaired) electrons. The highest BCUT2D eigenvalue weighted by Crippen LogP contribution is 2.43. The van der Waals surface area contributed by atoms with Crippen molar-refractivity contribution in [1.82, 2.24) is 0 Å². The zero-order valence-electron chi connectivity index (χ0n) is 25.9. The Bertz CT molecular complexity index is 799. The van der Waals surface area contributed by atoms with Crippen LogP contribution in [0.15, 0.2) is 0 Å². The number of hydrogen-bond acceptors (Lipinski definition) is 7. The van der Waals surface area contributed by atoms with Crippen LogP contribution in [0.5, 0.6) is 0 Å². The molecule has 41 heavy (non-hydrogen) atoms. The van der Waals surface area contributed by atoms with Crippen LogP contribution in [-0.2, 0) is 23.8 Å². The van der Waals surface area contributed by atoms with Crippen molar-refractivity contribution in [3.8, 4) is 0 Å². The van der Waals surface area contributed by atoms with E-state index in [1.807, 2.05) is 0 Å². The molecular formula is C33H59N2O6+. The van der Waals surface area contributed by atoms with Crippen molar-refractivity contribution >= 4 is 11.9 Å².